The largest absolute Gasteiger partial charge is 0.382 e. The van der Waals surface area contributed by atoms with Crippen molar-refractivity contribution in [1.29, 1.82) is 0 Å². The van der Waals surface area contributed by atoms with Crippen molar-refractivity contribution in [2.24, 2.45) is 0 Å². The predicted octanol–water partition coefficient (Wildman–Crippen LogP) is 4.63. The van der Waals surface area contributed by atoms with Crippen LogP contribution in [0.1, 0.15) is 25.8 Å². The number of hydrogen-bond donors (Lipinski definition) is 1. The number of aromatic nitrogens is 2. The van der Waals surface area contributed by atoms with E-state index in [9.17, 15) is 9.18 Å². The summed E-state index contributed by atoms with van der Waals surface area (Å²) in [5.74, 6) is 0.450. The molecule has 0 radical (unpaired) electrons. The van der Waals surface area contributed by atoms with Crippen molar-refractivity contribution in [2.75, 3.05) is 25.5 Å². The maximum atomic E-state index is 13.3. The molecule has 158 valence electrons. The predicted molar refractivity (Wildman–Crippen MR) is 119 cm³/mol. The van der Waals surface area contributed by atoms with Crippen LogP contribution < -0.4 is 5.32 Å². The van der Waals surface area contributed by atoms with Gasteiger partial charge in [0.15, 0.2) is 5.82 Å². The highest BCUT2D eigenvalue weighted by Gasteiger charge is 2.14. The second-order valence-corrected chi connectivity index (χ2v) is 7.68. The van der Waals surface area contributed by atoms with Gasteiger partial charge in [0.1, 0.15) is 10.8 Å². The molecule has 0 bridgehead atoms. The van der Waals surface area contributed by atoms with Crippen molar-refractivity contribution >= 4 is 28.6 Å². The third-order valence-corrected chi connectivity index (χ3v) is 5.58. The molecule has 0 unspecified atom stereocenters. The maximum Gasteiger partial charge on any atom is 0.230 e. The molecule has 3 aromatic rings. The highest BCUT2D eigenvalue weighted by atomic mass is 32.2. The number of benzene rings is 2. The normalized spacial score (nSPS) is 11.0. The summed E-state index contributed by atoms with van der Waals surface area (Å²) >= 11 is 1.39. The molecule has 1 aromatic heterocycles. The van der Waals surface area contributed by atoms with E-state index in [0.717, 1.165) is 39.9 Å². The standard InChI is InChI=1S/C23H26FN3O2S/c1-3-16-7-5-8-19-21(16)26-22(17-9-11-18(24)12-10-17)27-23(19)30-15-20(28)25-13-6-14-29-4-2/h5,7-12H,3-4,6,13-15H2,1-2H3,(H,25,28). The van der Waals surface area contributed by atoms with Gasteiger partial charge < -0.3 is 10.1 Å². The first-order chi connectivity index (χ1) is 14.6. The smallest absolute Gasteiger partial charge is 0.230 e. The van der Waals surface area contributed by atoms with Gasteiger partial charge in [0.25, 0.3) is 0 Å². The Kier molecular flexibility index (Phi) is 8.16. The Morgan fingerprint density at radius 3 is 2.67 bits per heavy atom. The van der Waals surface area contributed by atoms with Gasteiger partial charge in [0.2, 0.25) is 5.91 Å². The number of para-hydroxylation sites is 1. The van der Waals surface area contributed by atoms with Gasteiger partial charge in [-0.1, -0.05) is 36.9 Å². The van der Waals surface area contributed by atoms with Crippen molar-refractivity contribution in [3.8, 4) is 11.4 Å². The zero-order valence-electron chi connectivity index (χ0n) is 17.3. The molecular formula is C23H26FN3O2S. The number of halogens is 1. The number of nitrogens with zero attached hydrogens (tertiary/aromatic N) is 2. The Hall–Kier alpha value is -2.51. The van der Waals surface area contributed by atoms with Gasteiger partial charge in [-0.25, -0.2) is 14.4 Å². The van der Waals surface area contributed by atoms with E-state index in [1.165, 1.54) is 23.9 Å². The number of hydrogen-bond acceptors (Lipinski definition) is 5. The minimum absolute atomic E-state index is 0.0433. The first-order valence-electron chi connectivity index (χ1n) is 10.1. The average Bonchev–Trinajstić information content (AvgIpc) is 2.77. The Labute approximate surface area is 180 Å². The lowest BCUT2D eigenvalue weighted by Gasteiger charge is -2.11. The molecule has 0 fully saturated rings. The summed E-state index contributed by atoms with van der Waals surface area (Å²) in [5, 5.41) is 4.58. The van der Waals surface area contributed by atoms with Crippen molar-refractivity contribution in [3.63, 3.8) is 0 Å². The molecule has 1 heterocycles. The Balaban J connectivity index is 1.82. The number of carbonyl (C=O) groups is 1. The molecule has 0 aliphatic rings. The molecule has 1 N–H and O–H groups in total. The van der Waals surface area contributed by atoms with Gasteiger partial charge in [-0.3, -0.25) is 4.79 Å². The number of carbonyl (C=O) groups excluding carboxylic acids is 1. The number of amides is 1. The second-order valence-electron chi connectivity index (χ2n) is 6.72. The monoisotopic (exact) mass is 427 g/mol. The van der Waals surface area contributed by atoms with Crippen LogP contribution in [0.2, 0.25) is 0 Å². The summed E-state index contributed by atoms with van der Waals surface area (Å²) < 4.78 is 18.6. The van der Waals surface area contributed by atoms with Crippen LogP contribution in [0.5, 0.6) is 0 Å². The molecule has 0 saturated heterocycles. The number of fused-ring (bicyclic) bond motifs is 1. The molecule has 5 nitrogen and oxygen atoms in total. The van der Waals surface area contributed by atoms with Crippen LogP contribution in [-0.2, 0) is 16.0 Å². The van der Waals surface area contributed by atoms with Gasteiger partial charge >= 0.3 is 0 Å². The molecule has 0 saturated carbocycles. The second kappa shape index (κ2) is 11.0. The average molecular weight is 428 g/mol. The van der Waals surface area contributed by atoms with Crippen LogP contribution in [0.25, 0.3) is 22.3 Å². The van der Waals surface area contributed by atoms with Crippen LogP contribution >= 0.6 is 11.8 Å². The summed E-state index contributed by atoms with van der Waals surface area (Å²) in [4.78, 5) is 21.7. The Morgan fingerprint density at radius 1 is 1.13 bits per heavy atom. The Morgan fingerprint density at radius 2 is 1.93 bits per heavy atom. The molecule has 0 atom stereocenters. The molecule has 0 aliphatic heterocycles. The summed E-state index contributed by atoms with van der Waals surface area (Å²) in [5.41, 5.74) is 2.72. The lowest BCUT2D eigenvalue weighted by Crippen LogP contribution is -2.26. The zero-order valence-corrected chi connectivity index (χ0v) is 18.1. The van der Waals surface area contributed by atoms with E-state index in [4.69, 9.17) is 14.7 Å². The number of aryl methyl sites for hydroxylation is 1. The first-order valence-corrected chi connectivity index (χ1v) is 11.1. The lowest BCUT2D eigenvalue weighted by atomic mass is 10.1. The van der Waals surface area contributed by atoms with Crippen molar-refractivity contribution in [1.82, 2.24) is 15.3 Å². The fourth-order valence-corrected chi connectivity index (χ4v) is 3.88. The number of thioether (sulfide) groups is 1. The van der Waals surface area contributed by atoms with Gasteiger partial charge in [-0.05, 0) is 49.6 Å². The zero-order chi connectivity index (χ0) is 21.3. The van der Waals surface area contributed by atoms with E-state index < -0.39 is 0 Å². The molecule has 1 amide bonds. The van der Waals surface area contributed by atoms with Crippen molar-refractivity contribution in [2.45, 2.75) is 31.7 Å². The van der Waals surface area contributed by atoms with E-state index >= 15 is 0 Å². The van der Waals surface area contributed by atoms with E-state index in [0.29, 0.717) is 25.6 Å². The third-order valence-electron chi connectivity index (χ3n) is 4.59. The highest BCUT2D eigenvalue weighted by molar-refractivity contribution is 8.00. The lowest BCUT2D eigenvalue weighted by molar-refractivity contribution is -0.118. The molecule has 0 aliphatic carbocycles. The van der Waals surface area contributed by atoms with Crippen molar-refractivity contribution in [3.05, 3.63) is 53.8 Å². The molecule has 2 aromatic carbocycles. The van der Waals surface area contributed by atoms with E-state index in [2.05, 4.69) is 12.2 Å². The quantitative estimate of drug-likeness (QED) is 0.290. The van der Waals surface area contributed by atoms with E-state index in [-0.39, 0.29) is 17.5 Å². The van der Waals surface area contributed by atoms with Crippen LogP contribution in [0.4, 0.5) is 4.39 Å². The third kappa shape index (κ3) is 5.77. The van der Waals surface area contributed by atoms with Gasteiger partial charge in [0, 0.05) is 30.7 Å². The number of rotatable bonds is 10. The molecule has 7 heteroatoms. The summed E-state index contributed by atoms with van der Waals surface area (Å²) in [7, 11) is 0. The Bertz CT molecular complexity index is 996. The maximum absolute atomic E-state index is 13.3. The molecule has 30 heavy (non-hydrogen) atoms. The van der Waals surface area contributed by atoms with E-state index in [1.54, 1.807) is 12.1 Å². The fraction of sp³-hybridized carbons (Fsp3) is 0.348. The minimum Gasteiger partial charge on any atom is -0.382 e. The molecule has 3 rings (SSSR count). The molecular weight excluding hydrogens is 401 g/mol. The fourth-order valence-electron chi connectivity index (χ4n) is 3.04. The van der Waals surface area contributed by atoms with Crippen LogP contribution in [-0.4, -0.2) is 41.4 Å². The van der Waals surface area contributed by atoms with Crippen LogP contribution in [0, 0.1) is 5.82 Å². The van der Waals surface area contributed by atoms with Gasteiger partial charge in [0.05, 0.1) is 11.3 Å². The minimum atomic E-state index is -0.301. The summed E-state index contributed by atoms with van der Waals surface area (Å²) in [6.07, 6.45) is 1.62. The summed E-state index contributed by atoms with van der Waals surface area (Å²) in [6, 6.07) is 12.2. The first kappa shape index (κ1) is 22.2. The topological polar surface area (TPSA) is 64.1 Å². The van der Waals surface area contributed by atoms with Crippen LogP contribution in [0.3, 0.4) is 0 Å². The highest BCUT2D eigenvalue weighted by Crippen LogP contribution is 2.30. The van der Waals surface area contributed by atoms with E-state index in [1.807, 2.05) is 25.1 Å². The van der Waals surface area contributed by atoms with Crippen molar-refractivity contribution < 1.29 is 13.9 Å². The van der Waals surface area contributed by atoms with Crippen LogP contribution in [0.15, 0.2) is 47.5 Å². The number of nitrogens with one attached hydrogen (secondary N) is 1. The SMILES string of the molecule is CCOCCCNC(=O)CSc1nc(-c2ccc(F)cc2)nc2c(CC)cccc12. The van der Waals surface area contributed by atoms with Gasteiger partial charge in [-0.15, -0.1) is 0 Å². The van der Waals surface area contributed by atoms with Gasteiger partial charge in [-0.2, -0.15) is 0 Å². The summed E-state index contributed by atoms with van der Waals surface area (Å²) in [6.45, 7) is 5.94. The number of ether oxygens (including phenoxy) is 1. The molecule has 0 spiro atoms.